The summed E-state index contributed by atoms with van der Waals surface area (Å²) in [5, 5.41) is 12.5. The van der Waals surface area contributed by atoms with Crippen molar-refractivity contribution < 1.29 is 14.4 Å². The molecule has 0 unspecified atom stereocenters. The van der Waals surface area contributed by atoms with Crippen molar-refractivity contribution in [1.82, 2.24) is 10.1 Å². The molecule has 0 aliphatic heterocycles. The van der Waals surface area contributed by atoms with Crippen molar-refractivity contribution >= 4 is 17.7 Å². The quantitative estimate of drug-likeness (QED) is 0.872. The third-order valence-electron chi connectivity index (χ3n) is 2.91. The fourth-order valence-electron chi connectivity index (χ4n) is 2.08. The smallest absolute Gasteiger partial charge is 0.313 e. The minimum Gasteiger partial charge on any atom is -0.481 e. The van der Waals surface area contributed by atoms with Gasteiger partial charge in [-0.15, -0.1) is 11.8 Å². The Bertz CT molecular complexity index is 375. The molecule has 1 aromatic rings. The number of carboxylic acids is 1. The molecule has 0 aromatic carbocycles. The van der Waals surface area contributed by atoms with Crippen LogP contribution in [0.3, 0.4) is 0 Å². The van der Waals surface area contributed by atoms with Crippen LogP contribution in [0.2, 0.25) is 0 Å². The van der Waals surface area contributed by atoms with Crippen LogP contribution in [0, 0.1) is 0 Å². The second-order valence-corrected chi connectivity index (χ2v) is 5.25. The molecule has 0 saturated heterocycles. The molecule has 1 heterocycles. The van der Waals surface area contributed by atoms with Crippen LogP contribution in [0.4, 0.5) is 0 Å². The van der Waals surface area contributed by atoms with Crippen LogP contribution >= 0.6 is 11.8 Å². The van der Waals surface area contributed by atoms with Crippen molar-refractivity contribution in [2.75, 3.05) is 5.75 Å². The Balaban J connectivity index is 1.84. The Morgan fingerprint density at radius 1 is 1.41 bits per heavy atom. The SMILES string of the molecule is O=C(O)CSCc1nc(C2CCCCC2)no1. The maximum Gasteiger partial charge on any atom is 0.313 e. The molecule has 5 nitrogen and oxygen atoms in total. The van der Waals surface area contributed by atoms with E-state index in [1.165, 1.54) is 31.0 Å². The van der Waals surface area contributed by atoms with E-state index < -0.39 is 5.97 Å². The van der Waals surface area contributed by atoms with Crippen molar-refractivity contribution in [3.63, 3.8) is 0 Å². The van der Waals surface area contributed by atoms with Crippen LogP contribution in [-0.2, 0) is 10.5 Å². The Labute approximate surface area is 104 Å². The largest absolute Gasteiger partial charge is 0.481 e. The van der Waals surface area contributed by atoms with Gasteiger partial charge >= 0.3 is 5.97 Å². The molecule has 1 aromatic heterocycles. The van der Waals surface area contributed by atoms with Gasteiger partial charge in [-0.3, -0.25) is 4.79 Å². The van der Waals surface area contributed by atoms with Gasteiger partial charge in [-0.1, -0.05) is 24.4 Å². The molecule has 0 bridgehead atoms. The van der Waals surface area contributed by atoms with E-state index in [2.05, 4.69) is 10.1 Å². The molecule has 1 aliphatic carbocycles. The second kappa shape index (κ2) is 6.05. The highest BCUT2D eigenvalue weighted by Crippen LogP contribution is 2.30. The Morgan fingerprint density at radius 2 is 2.18 bits per heavy atom. The van der Waals surface area contributed by atoms with Crippen molar-refractivity contribution in [2.24, 2.45) is 0 Å². The first kappa shape index (κ1) is 12.4. The third kappa shape index (κ3) is 3.73. The van der Waals surface area contributed by atoms with Gasteiger partial charge in [0.25, 0.3) is 0 Å². The molecule has 2 rings (SSSR count). The lowest BCUT2D eigenvalue weighted by atomic mass is 9.89. The van der Waals surface area contributed by atoms with Gasteiger partial charge in [0.15, 0.2) is 5.82 Å². The normalized spacial score (nSPS) is 17.2. The van der Waals surface area contributed by atoms with Gasteiger partial charge in [-0.25, -0.2) is 0 Å². The molecule has 0 atom stereocenters. The molecule has 0 amide bonds. The highest BCUT2D eigenvalue weighted by atomic mass is 32.2. The topological polar surface area (TPSA) is 76.2 Å². The molecule has 94 valence electrons. The van der Waals surface area contributed by atoms with Crippen LogP contribution in [0.5, 0.6) is 0 Å². The molecule has 0 radical (unpaired) electrons. The Morgan fingerprint density at radius 3 is 2.88 bits per heavy atom. The number of carboxylic acid groups (broad SMARTS) is 1. The van der Waals surface area contributed by atoms with Gasteiger partial charge in [0.05, 0.1) is 11.5 Å². The first-order valence-electron chi connectivity index (χ1n) is 5.87. The predicted octanol–water partition coefficient (Wildman–Crippen LogP) is 2.44. The maximum atomic E-state index is 10.4. The summed E-state index contributed by atoms with van der Waals surface area (Å²) in [5.41, 5.74) is 0. The molecule has 1 fully saturated rings. The summed E-state index contributed by atoms with van der Waals surface area (Å²) in [7, 11) is 0. The van der Waals surface area contributed by atoms with Crippen LogP contribution in [0.1, 0.15) is 49.7 Å². The molecule has 17 heavy (non-hydrogen) atoms. The Kier molecular flexibility index (Phi) is 4.42. The monoisotopic (exact) mass is 256 g/mol. The van der Waals surface area contributed by atoms with E-state index in [0.717, 1.165) is 18.7 Å². The van der Waals surface area contributed by atoms with Gasteiger partial charge in [-0.2, -0.15) is 4.98 Å². The number of rotatable bonds is 5. The highest BCUT2D eigenvalue weighted by molar-refractivity contribution is 7.99. The van der Waals surface area contributed by atoms with E-state index >= 15 is 0 Å². The van der Waals surface area contributed by atoms with Crippen LogP contribution in [-0.4, -0.2) is 27.0 Å². The summed E-state index contributed by atoms with van der Waals surface area (Å²) in [5.74, 6) is 1.51. The van der Waals surface area contributed by atoms with E-state index in [0.29, 0.717) is 17.6 Å². The number of thioether (sulfide) groups is 1. The zero-order valence-corrected chi connectivity index (χ0v) is 10.4. The lowest BCUT2D eigenvalue weighted by Gasteiger charge is -2.17. The van der Waals surface area contributed by atoms with Gasteiger partial charge < -0.3 is 9.63 Å². The number of hydrogen-bond donors (Lipinski definition) is 1. The third-order valence-corrected chi connectivity index (χ3v) is 3.81. The molecule has 1 saturated carbocycles. The first-order valence-corrected chi connectivity index (χ1v) is 7.03. The standard InChI is InChI=1S/C11H16N2O3S/c14-10(15)7-17-6-9-12-11(13-16-9)8-4-2-1-3-5-8/h8H,1-7H2,(H,14,15). The molecular weight excluding hydrogens is 240 g/mol. The Hall–Kier alpha value is -1.04. The molecule has 6 heteroatoms. The molecule has 1 N–H and O–H groups in total. The van der Waals surface area contributed by atoms with E-state index in [1.807, 2.05) is 0 Å². The average Bonchev–Trinajstić information content (AvgIpc) is 2.78. The fraction of sp³-hybridized carbons (Fsp3) is 0.727. The van der Waals surface area contributed by atoms with Gasteiger partial charge in [0, 0.05) is 5.92 Å². The van der Waals surface area contributed by atoms with Crippen LogP contribution < -0.4 is 0 Å². The van der Waals surface area contributed by atoms with E-state index in [9.17, 15) is 4.79 Å². The number of carbonyl (C=O) groups is 1. The number of hydrogen-bond acceptors (Lipinski definition) is 5. The summed E-state index contributed by atoms with van der Waals surface area (Å²) in [6.07, 6.45) is 6.06. The zero-order chi connectivity index (χ0) is 12.1. The molecule has 1 aliphatic rings. The van der Waals surface area contributed by atoms with Crippen molar-refractivity contribution in [3.8, 4) is 0 Å². The minimum atomic E-state index is -0.818. The van der Waals surface area contributed by atoms with E-state index in [1.54, 1.807) is 0 Å². The zero-order valence-electron chi connectivity index (χ0n) is 9.59. The summed E-state index contributed by atoms with van der Waals surface area (Å²) in [6.45, 7) is 0. The molecule has 0 spiro atoms. The van der Waals surface area contributed by atoms with Crippen molar-refractivity contribution in [3.05, 3.63) is 11.7 Å². The maximum absolute atomic E-state index is 10.4. The summed E-state index contributed by atoms with van der Waals surface area (Å²) in [4.78, 5) is 14.7. The highest BCUT2D eigenvalue weighted by Gasteiger charge is 2.20. The lowest BCUT2D eigenvalue weighted by Crippen LogP contribution is -2.06. The van der Waals surface area contributed by atoms with Gasteiger partial charge in [0.2, 0.25) is 5.89 Å². The number of nitrogens with zero attached hydrogens (tertiary/aromatic N) is 2. The fourth-order valence-corrected chi connectivity index (χ4v) is 2.65. The van der Waals surface area contributed by atoms with Crippen molar-refractivity contribution in [2.45, 2.75) is 43.8 Å². The van der Waals surface area contributed by atoms with Crippen LogP contribution in [0.25, 0.3) is 0 Å². The first-order chi connectivity index (χ1) is 8.25. The lowest BCUT2D eigenvalue weighted by molar-refractivity contribution is -0.133. The summed E-state index contributed by atoms with van der Waals surface area (Å²) < 4.78 is 5.12. The van der Waals surface area contributed by atoms with Gasteiger partial charge in [0.1, 0.15) is 0 Å². The van der Waals surface area contributed by atoms with Crippen molar-refractivity contribution in [1.29, 1.82) is 0 Å². The second-order valence-electron chi connectivity index (χ2n) is 4.27. The summed E-state index contributed by atoms with van der Waals surface area (Å²) in [6, 6.07) is 0. The van der Waals surface area contributed by atoms with E-state index in [-0.39, 0.29) is 5.75 Å². The van der Waals surface area contributed by atoms with Gasteiger partial charge in [-0.05, 0) is 12.8 Å². The minimum absolute atomic E-state index is 0.0706. The number of aliphatic carboxylic acids is 1. The van der Waals surface area contributed by atoms with Crippen LogP contribution in [0.15, 0.2) is 4.52 Å². The van der Waals surface area contributed by atoms with E-state index in [4.69, 9.17) is 9.63 Å². The number of aromatic nitrogens is 2. The predicted molar refractivity (Wildman–Crippen MR) is 63.9 cm³/mol. The summed E-state index contributed by atoms with van der Waals surface area (Å²) >= 11 is 1.28. The molecular formula is C11H16N2O3S. The average molecular weight is 256 g/mol.